The molecule has 6 nitrogen and oxygen atoms in total. The first kappa shape index (κ1) is 16.0. The second-order valence-electron chi connectivity index (χ2n) is 4.30. The lowest BCUT2D eigenvalue weighted by Gasteiger charge is -2.17. The van der Waals surface area contributed by atoms with Crippen molar-refractivity contribution < 1.29 is 19.4 Å². The van der Waals surface area contributed by atoms with Gasteiger partial charge in [0.05, 0.1) is 7.11 Å². The van der Waals surface area contributed by atoms with E-state index in [1.807, 2.05) is 0 Å². The van der Waals surface area contributed by atoms with Crippen LogP contribution in [0.5, 0.6) is 5.75 Å². The minimum absolute atomic E-state index is 0.0930. The molecule has 0 heterocycles. The SMILES string of the molecule is COc1ccccc1C(NCCCNC(C)=O)C(=O)O. The Morgan fingerprint density at radius 1 is 1.30 bits per heavy atom. The molecule has 0 aromatic heterocycles. The van der Waals surface area contributed by atoms with Crippen LogP contribution in [0.15, 0.2) is 24.3 Å². The molecule has 0 fully saturated rings. The maximum absolute atomic E-state index is 11.4. The highest BCUT2D eigenvalue weighted by atomic mass is 16.5. The van der Waals surface area contributed by atoms with Gasteiger partial charge >= 0.3 is 5.97 Å². The largest absolute Gasteiger partial charge is 0.496 e. The summed E-state index contributed by atoms with van der Waals surface area (Å²) in [5, 5.41) is 14.9. The summed E-state index contributed by atoms with van der Waals surface area (Å²) >= 11 is 0. The Kier molecular flexibility index (Phi) is 6.52. The second-order valence-corrected chi connectivity index (χ2v) is 4.30. The Morgan fingerprint density at radius 2 is 2.00 bits per heavy atom. The fourth-order valence-electron chi connectivity index (χ4n) is 1.83. The topological polar surface area (TPSA) is 87.7 Å². The number of carboxylic acid groups (broad SMARTS) is 1. The predicted octanol–water partition coefficient (Wildman–Crippen LogP) is 0.937. The average molecular weight is 280 g/mol. The molecule has 110 valence electrons. The fraction of sp³-hybridized carbons (Fsp3) is 0.429. The Balaban J connectivity index is 2.61. The molecular weight excluding hydrogens is 260 g/mol. The Morgan fingerprint density at radius 3 is 2.60 bits per heavy atom. The van der Waals surface area contributed by atoms with E-state index in [1.54, 1.807) is 24.3 Å². The number of aliphatic carboxylic acids is 1. The number of para-hydroxylation sites is 1. The van der Waals surface area contributed by atoms with Crippen molar-refractivity contribution in [2.75, 3.05) is 20.2 Å². The molecule has 0 bridgehead atoms. The number of carbonyl (C=O) groups excluding carboxylic acids is 1. The zero-order valence-corrected chi connectivity index (χ0v) is 11.7. The highest BCUT2D eigenvalue weighted by Crippen LogP contribution is 2.24. The predicted molar refractivity (Wildman–Crippen MR) is 74.7 cm³/mol. The van der Waals surface area contributed by atoms with Crippen molar-refractivity contribution in [1.29, 1.82) is 0 Å². The number of rotatable bonds is 8. The number of hydrogen-bond donors (Lipinski definition) is 3. The van der Waals surface area contributed by atoms with E-state index in [2.05, 4.69) is 10.6 Å². The quantitative estimate of drug-likeness (QED) is 0.617. The van der Waals surface area contributed by atoms with Crippen LogP contribution < -0.4 is 15.4 Å². The van der Waals surface area contributed by atoms with Gasteiger partial charge in [0, 0.05) is 19.0 Å². The lowest BCUT2D eigenvalue weighted by Crippen LogP contribution is -2.31. The molecule has 0 radical (unpaired) electrons. The average Bonchev–Trinajstić information content (AvgIpc) is 2.42. The summed E-state index contributed by atoms with van der Waals surface area (Å²) in [5.41, 5.74) is 0.585. The summed E-state index contributed by atoms with van der Waals surface area (Å²) in [6.45, 7) is 2.44. The van der Waals surface area contributed by atoms with Gasteiger partial charge in [0.25, 0.3) is 0 Å². The van der Waals surface area contributed by atoms with E-state index in [0.29, 0.717) is 30.8 Å². The van der Waals surface area contributed by atoms with Gasteiger partial charge in [0.1, 0.15) is 11.8 Å². The third-order valence-corrected chi connectivity index (χ3v) is 2.77. The van der Waals surface area contributed by atoms with Crippen LogP contribution in [0.25, 0.3) is 0 Å². The molecule has 1 aromatic rings. The molecule has 3 N–H and O–H groups in total. The molecule has 0 spiro atoms. The van der Waals surface area contributed by atoms with Crippen molar-refractivity contribution in [2.24, 2.45) is 0 Å². The summed E-state index contributed by atoms with van der Waals surface area (Å²) in [6.07, 6.45) is 0.651. The number of carbonyl (C=O) groups is 2. The summed E-state index contributed by atoms with van der Waals surface area (Å²) in [7, 11) is 1.51. The fourth-order valence-corrected chi connectivity index (χ4v) is 1.83. The smallest absolute Gasteiger partial charge is 0.325 e. The molecule has 0 saturated heterocycles. The van der Waals surface area contributed by atoms with Gasteiger partial charge in [0.15, 0.2) is 0 Å². The third-order valence-electron chi connectivity index (χ3n) is 2.77. The van der Waals surface area contributed by atoms with Gasteiger partial charge in [-0.1, -0.05) is 18.2 Å². The zero-order chi connectivity index (χ0) is 15.0. The van der Waals surface area contributed by atoms with Gasteiger partial charge in [0.2, 0.25) is 5.91 Å². The van der Waals surface area contributed by atoms with Crippen molar-refractivity contribution in [1.82, 2.24) is 10.6 Å². The van der Waals surface area contributed by atoms with Crippen LogP contribution in [0.2, 0.25) is 0 Å². The molecule has 0 aliphatic carbocycles. The summed E-state index contributed by atoms with van der Waals surface area (Å²) in [4.78, 5) is 22.1. The van der Waals surface area contributed by atoms with E-state index in [9.17, 15) is 14.7 Å². The van der Waals surface area contributed by atoms with Crippen LogP contribution in [0.4, 0.5) is 0 Å². The van der Waals surface area contributed by atoms with Crippen molar-refractivity contribution in [3.8, 4) is 5.75 Å². The molecule has 1 amide bonds. The van der Waals surface area contributed by atoms with Crippen molar-refractivity contribution in [3.63, 3.8) is 0 Å². The lowest BCUT2D eigenvalue weighted by molar-refractivity contribution is -0.139. The summed E-state index contributed by atoms with van der Waals surface area (Å²) in [5.74, 6) is -0.521. The molecular formula is C14H20N2O4. The number of nitrogens with one attached hydrogen (secondary N) is 2. The minimum Gasteiger partial charge on any atom is -0.496 e. The number of hydrogen-bond acceptors (Lipinski definition) is 4. The van der Waals surface area contributed by atoms with Gasteiger partial charge in [-0.05, 0) is 19.0 Å². The van der Waals surface area contributed by atoms with Crippen molar-refractivity contribution in [2.45, 2.75) is 19.4 Å². The molecule has 0 saturated carbocycles. The van der Waals surface area contributed by atoms with E-state index in [0.717, 1.165) is 0 Å². The van der Waals surface area contributed by atoms with E-state index in [-0.39, 0.29) is 5.91 Å². The minimum atomic E-state index is -0.964. The van der Waals surface area contributed by atoms with Crippen LogP contribution in [-0.2, 0) is 9.59 Å². The van der Waals surface area contributed by atoms with Crippen LogP contribution in [-0.4, -0.2) is 37.2 Å². The van der Waals surface area contributed by atoms with Crippen molar-refractivity contribution >= 4 is 11.9 Å². The Labute approximate surface area is 118 Å². The van der Waals surface area contributed by atoms with Gasteiger partial charge in [-0.25, -0.2) is 0 Å². The molecule has 20 heavy (non-hydrogen) atoms. The van der Waals surface area contributed by atoms with Gasteiger partial charge < -0.3 is 20.5 Å². The summed E-state index contributed by atoms with van der Waals surface area (Å²) < 4.78 is 5.18. The van der Waals surface area contributed by atoms with E-state index < -0.39 is 12.0 Å². The Hall–Kier alpha value is -2.08. The number of methoxy groups -OCH3 is 1. The normalized spacial score (nSPS) is 11.7. The monoisotopic (exact) mass is 280 g/mol. The van der Waals surface area contributed by atoms with Gasteiger partial charge in [-0.3, -0.25) is 9.59 Å². The van der Waals surface area contributed by atoms with E-state index in [4.69, 9.17) is 4.74 Å². The standard InChI is InChI=1S/C14H20N2O4/c1-10(17)15-8-5-9-16-13(14(18)19)11-6-3-4-7-12(11)20-2/h3-4,6-7,13,16H,5,8-9H2,1-2H3,(H,15,17)(H,18,19). The first-order valence-electron chi connectivity index (χ1n) is 6.39. The number of ether oxygens (including phenoxy) is 1. The summed E-state index contributed by atoms with van der Waals surface area (Å²) in [6, 6.07) is 6.18. The van der Waals surface area contributed by atoms with Crippen LogP contribution >= 0.6 is 0 Å². The number of benzene rings is 1. The second kappa shape index (κ2) is 8.16. The Bertz CT molecular complexity index is 462. The zero-order valence-electron chi connectivity index (χ0n) is 11.7. The first-order valence-corrected chi connectivity index (χ1v) is 6.39. The first-order chi connectivity index (χ1) is 9.56. The van der Waals surface area contributed by atoms with Gasteiger partial charge in [-0.15, -0.1) is 0 Å². The lowest BCUT2D eigenvalue weighted by atomic mass is 10.1. The maximum atomic E-state index is 11.4. The van der Waals surface area contributed by atoms with Crippen LogP contribution in [0.1, 0.15) is 24.9 Å². The van der Waals surface area contributed by atoms with Gasteiger partial charge in [-0.2, -0.15) is 0 Å². The number of carboxylic acids is 1. The molecule has 1 aromatic carbocycles. The maximum Gasteiger partial charge on any atom is 0.325 e. The third kappa shape index (κ3) is 4.89. The van der Waals surface area contributed by atoms with E-state index in [1.165, 1.54) is 14.0 Å². The molecule has 1 unspecified atom stereocenters. The van der Waals surface area contributed by atoms with E-state index >= 15 is 0 Å². The van der Waals surface area contributed by atoms with Crippen molar-refractivity contribution in [3.05, 3.63) is 29.8 Å². The van der Waals surface area contributed by atoms with Crippen LogP contribution in [0, 0.1) is 0 Å². The molecule has 0 aliphatic heterocycles. The molecule has 0 aliphatic rings. The van der Waals surface area contributed by atoms with Crippen LogP contribution in [0.3, 0.4) is 0 Å². The molecule has 1 rings (SSSR count). The molecule has 6 heteroatoms. The highest BCUT2D eigenvalue weighted by molar-refractivity contribution is 5.76. The molecule has 1 atom stereocenters. The number of amides is 1. The highest BCUT2D eigenvalue weighted by Gasteiger charge is 2.22.